The van der Waals surface area contributed by atoms with Gasteiger partial charge in [-0.25, -0.2) is 4.98 Å². The number of carbonyl (C=O) groups is 1. The second-order valence-electron chi connectivity index (χ2n) is 10.5. The number of aryl methyl sites for hydroxylation is 1. The lowest BCUT2D eigenvalue weighted by Crippen LogP contribution is -2.56. The fourth-order valence-electron chi connectivity index (χ4n) is 6.20. The molecule has 3 aliphatic heterocycles. The number of hydrogen-bond donors (Lipinski definition) is 1. The zero-order valence-electron chi connectivity index (χ0n) is 19.7. The third kappa shape index (κ3) is 3.90. The highest BCUT2D eigenvalue weighted by atomic mass is 16.5. The summed E-state index contributed by atoms with van der Waals surface area (Å²) >= 11 is 0. The van der Waals surface area contributed by atoms with Crippen molar-refractivity contribution in [1.82, 2.24) is 9.88 Å². The minimum Gasteiger partial charge on any atom is -0.381 e. The molecular weight excluding hydrogens is 416 g/mol. The highest BCUT2D eigenvalue weighted by Crippen LogP contribution is 2.51. The Hall–Kier alpha value is -2.22. The molecule has 2 unspecified atom stereocenters. The van der Waals surface area contributed by atoms with Crippen LogP contribution in [0.15, 0.2) is 24.4 Å². The summed E-state index contributed by atoms with van der Waals surface area (Å²) in [5, 5.41) is 5.30. The molecule has 1 aromatic heterocycles. The van der Waals surface area contributed by atoms with Crippen molar-refractivity contribution in [3.63, 3.8) is 0 Å². The van der Waals surface area contributed by atoms with Crippen molar-refractivity contribution in [1.29, 1.82) is 0 Å². The van der Waals surface area contributed by atoms with Gasteiger partial charge < -0.3 is 19.7 Å². The second-order valence-corrected chi connectivity index (χ2v) is 10.5. The van der Waals surface area contributed by atoms with Crippen molar-refractivity contribution in [2.45, 2.75) is 32.2 Å². The molecule has 0 spiro atoms. The summed E-state index contributed by atoms with van der Waals surface area (Å²) in [6, 6.07) is 6.50. The molecule has 176 valence electrons. The van der Waals surface area contributed by atoms with Crippen molar-refractivity contribution >= 4 is 28.2 Å². The van der Waals surface area contributed by atoms with E-state index >= 15 is 0 Å². The van der Waals surface area contributed by atoms with Gasteiger partial charge in [0.2, 0.25) is 5.91 Å². The molecule has 33 heavy (non-hydrogen) atoms. The van der Waals surface area contributed by atoms with Crippen LogP contribution in [0, 0.1) is 24.7 Å². The van der Waals surface area contributed by atoms with Gasteiger partial charge in [-0.05, 0) is 67.7 Å². The number of carbonyl (C=O) groups excluding carboxylic acids is 1. The molecule has 4 heterocycles. The van der Waals surface area contributed by atoms with Gasteiger partial charge in [-0.3, -0.25) is 9.69 Å². The molecule has 6 rings (SSSR count). The van der Waals surface area contributed by atoms with Crippen molar-refractivity contribution < 1.29 is 14.3 Å². The van der Waals surface area contributed by atoms with Crippen LogP contribution in [-0.4, -0.2) is 73.9 Å². The van der Waals surface area contributed by atoms with E-state index in [0.717, 1.165) is 76.2 Å². The number of piperazine rings is 1. The first kappa shape index (κ1) is 21.3. The first-order chi connectivity index (χ1) is 16.0. The molecule has 1 amide bonds. The van der Waals surface area contributed by atoms with Crippen LogP contribution in [0.1, 0.15) is 25.3 Å². The van der Waals surface area contributed by atoms with Crippen LogP contribution in [0.5, 0.6) is 0 Å². The summed E-state index contributed by atoms with van der Waals surface area (Å²) < 4.78 is 11.2. The number of pyridine rings is 1. The normalized spacial score (nSPS) is 32.1. The van der Waals surface area contributed by atoms with Gasteiger partial charge in [0.15, 0.2) is 0 Å². The highest BCUT2D eigenvalue weighted by Gasteiger charge is 2.55. The summed E-state index contributed by atoms with van der Waals surface area (Å²) in [7, 11) is 0. The Labute approximate surface area is 195 Å². The zero-order chi connectivity index (χ0) is 22.6. The van der Waals surface area contributed by atoms with Crippen LogP contribution >= 0.6 is 0 Å². The number of aromatic nitrogens is 1. The van der Waals surface area contributed by atoms with E-state index in [-0.39, 0.29) is 17.4 Å². The van der Waals surface area contributed by atoms with E-state index in [1.165, 1.54) is 11.3 Å². The first-order valence-corrected chi connectivity index (χ1v) is 12.4. The molecule has 0 bridgehead atoms. The average Bonchev–Trinajstić information content (AvgIpc) is 3.40. The monoisotopic (exact) mass is 450 g/mol. The minimum atomic E-state index is 0.0852. The van der Waals surface area contributed by atoms with Gasteiger partial charge in [-0.2, -0.15) is 0 Å². The summed E-state index contributed by atoms with van der Waals surface area (Å²) in [6.07, 6.45) is 4.00. The van der Waals surface area contributed by atoms with Gasteiger partial charge in [0, 0.05) is 68.1 Å². The summed E-state index contributed by atoms with van der Waals surface area (Å²) in [5.41, 5.74) is 2.74. The molecule has 2 aromatic rings. The molecule has 0 radical (unpaired) electrons. The van der Waals surface area contributed by atoms with Crippen LogP contribution in [0.2, 0.25) is 0 Å². The number of fused-ring (bicyclic) bond motifs is 2. The SMILES string of the molecule is Cc1cc2cnc(NC(=O)[C@H]3C4CCOCC43)cc2cc1N1CCN([C@@]2(C)CCOC2)CC1. The number of benzene rings is 1. The van der Waals surface area contributed by atoms with Gasteiger partial charge in [0.25, 0.3) is 0 Å². The number of hydrogen-bond acceptors (Lipinski definition) is 6. The Morgan fingerprint density at radius 3 is 2.67 bits per heavy atom. The first-order valence-electron chi connectivity index (χ1n) is 12.4. The number of nitrogens with one attached hydrogen (secondary N) is 1. The fraction of sp³-hybridized carbons (Fsp3) is 0.615. The van der Waals surface area contributed by atoms with E-state index in [1.54, 1.807) is 0 Å². The predicted molar refractivity (Wildman–Crippen MR) is 129 cm³/mol. The van der Waals surface area contributed by atoms with Crippen molar-refractivity contribution in [2.24, 2.45) is 17.8 Å². The molecule has 4 atom stereocenters. The lowest BCUT2D eigenvalue weighted by molar-refractivity contribution is -0.117. The van der Waals surface area contributed by atoms with Crippen molar-refractivity contribution in [3.05, 3.63) is 30.0 Å². The molecule has 1 saturated carbocycles. The number of ether oxygens (including phenoxy) is 2. The molecular formula is C26H34N4O3. The minimum absolute atomic E-state index is 0.0852. The second kappa shape index (κ2) is 8.22. The van der Waals surface area contributed by atoms with Crippen LogP contribution in [0.25, 0.3) is 10.8 Å². The van der Waals surface area contributed by atoms with Crippen LogP contribution in [0.3, 0.4) is 0 Å². The molecule has 7 heteroatoms. The smallest absolute Gasteiger partial charge is 0.229 e. The van der Waals surface area contributed by atoms with E-state index in [4.69, 9.17) is 9.47 Å². The Morgan fingerprint density at radius 2 is 1.94 bits per heavy atom. The Bertz CT molecular complexity index is 1050. The molecule has 3 saturated heterocycles. The molecule has 1 aliphatic carbocycles. The predicted octanol–water partition coefficient (Wildman–Crippen LogP) is 3.07. The van der Waals surface area contributed by atoms with Crippen LogP contribution in [0.4, 0.5) is 11.5 Å². The topological polar surface area (TPSA) is 66.9 Å². The fourth-order valence-corrected chi connectivity index (χ4v) is 6.20. The largest absolute Gasteiger partial charge is 0.381 e. The summed E-state index contributed by atoms with van der Waals surface area (Å²) in [4.78, 5) is 22.4. The number of amides is 1. The van der Waals surface area contributed by atoms with E-state index in [2.05, 4.69) is 46.1 Å². The number of rotatable bonds is 4. The third-order valence-corrected chi connectivity index (χ3v) is 8.41. The highest BCUT2D eigenvalue weighted by molar-refractivity contribution is 5.96. The van der Waals surface area contributed by atoms with Crippen LogP contribution in [-0.2, 0) is 14.3 Å². The molecule has 1 N–H and O–H groups in total. The van der Waals surface area contributed by atoms with E-state index in [0.29, 0.717) is 17.7 Å². The number of nitrogens with zero attached hydrogens (tertiary/aromatic N) is 3. The molecule has 4 fully saturated rings. The summed E-state index contributed by atoms with van der Waals surface area (Å²) in [6.45, 7) is 11.9. The van der Waals surface area contributed by atoms with Gasteiger partial charge in [0.05, 0.1) is 13.2 Å². The van der Waals surface area contributed by atoms with Crippen molar-refractivity contribution in [2.75, 3.05) is 62.8 Å². The van der Waals surface area contributed by atoms with Gasteiger partial charge in [0.1, 0.15) is 5.82 Å². The average molecular weight is 451 g/mol. The Balaban J connectivity index is 1.17. The maximum absolute atomic E-state index is 12.8. The molecule has 1 aromatic carbocycles. The van der Waals surface area contributed by atoms with E-state index in [1.807, 2.05) is 12.3 Å². The van der Waals surface area contributed by atoms with Crippen molar-refractivity contribution in [3.8, 4) is 0 Å². The van der Waals surface area contributed by atoms with Crippen LogP contribution < -0.4 is 10.2 Å². The van der Waals surface area contributed by atoms with E-state index < -0.39 is 0 Å². The molecule has 4 aliphatic rings. The standard InChI is InChI=1S/C26H34N4O3/c1-17-11-19-14-27-23(28-25(31)24-20-3-9-32-15-21(20)24)13-18(19)12-22(17)29-5-7-30(8-6-29)26(2)4-10-33-16-26/h11-14,20-21,24H,3-10,15-16H2,1-2H3,(H,27,28,31)/t20?,21?,24-,26-/m0/s1. The number of anilines is 2. The Kier molecular flexibility index (Phi) is 5.31. The quantitative estimate of drug-likeness (QED) is 0.772. The maximum Gasteiger partial charge on any atom is 0.229 e. The lowest BCUT2D eigenvalue weighted by Gasteiger charge is -2.44. The van der Waals surface area contributed by atoms with E-state index in [9.17, 15) is 4.79 Å². The van der Waals surface area contributed by atoms with Gasteiger partial charge in [-0.1, -0.05) is 0 Å². The maximum atomic E-state index is 12.8. The Morgan fingerprint density at radius 1 is 1.09 bits per heavy atom. The zero-order valence-corrected chi connectivity index (χ0v) is 19.7. The summed E-state index contributed by atoms with van der Waals surface area (Å²) in [5.74, 6) is 1.71. The lowest BCUT2D eigenvalue weighted by atomic mass is 9.97. The van der Waals surface area contributed by atoms with Gasteiger partial charge >= 0.3 is 0 Å². The molecule has 7 nitrogen and oxygen atoms in total. The third-order valence-electron chi connectivity index (χ3n) is 8.41. The van der Waals surface area contributed by atoms with Gasteiger partial charge in [-0.15, -0.1) is 0 Å².